The van der Waals surface area contributed by atoms with Gasteiger partial charge >= 0.3 is 0 Å². The predicted molar refractivity (Wildman–Crippen MR) is 98.8 cm³/mol. The highest BCUT2D eigenvalue weighted by atomic mass is 16.2. The molecule has 0 radical (unpaired) electrons. The van der Waals surface area contributed by atoms with Crippen LogP contribution < -0.4 is 4.90 Å². The molecular formula is C20H30N4O. The predicted octanol–water partition coefficient (Wildman–Crippen LogP) is 2.89. The Kier molecular flexibility index (Phi) is 4.91. The number of rotatable bonds is 2. The van der Waals surface area contributed by atoms with Crippen molar-refractivity contribution in [2.24, 2.45) is 5.92 Å². The number of aryl methyl sites for hydroxylation is 1. The van der Waals surface area contributed by atoms with E-state index >= 15 is 0 Å². The van der Waals surface area contributed by atoms with Crippen LogP contribution in [0.15, 0.2) is 0 Å². The van der Waals surface area contributed by atoms with Crippen LogP contribution >= 0.6 is 0 Å². The van der Waals surface area contributed by atoms with Crippen LogP contribution in [0.4, 0.5) is 5.95 Å². The second-order valence-electron chi connectivity index (χ2n) is 7.89. The van der Waals surface area contributed by atoms with Gasteiger partial charge in [0.1, 0.15) is 0 Å². The molecule has 4 rings (SSSR count). The Morgan fingerprint density at radius 3 is 2.40 bits per heavy atom. The number of carbonyl (C=O) groups is 1. The molecule has 136 valence electrons. The van der Waals surface area contributed by atoms with Gasteiger partial charge in [0.15, 0.2) is 0 Å². The van der Waals surface area contributed by atoms with Gasteiger partial charge in [-0.05, 0) is 44.6 Å². The Morgan fingerprint density at radius 2 is 1.64 bits per heavy atom. The van der Waals surface area contributed by atoms with Crippen molar-refractivity contribution in [1.29, 1.82) is 0 Å². The molecule has 5 heteroatoms. The minimum Gasteiger partial charge on any atom is -0.342 e. The van der Waals surface area contributed by atoms with Crippen molar-refractivity contribution in [1.82, 2.24) is 14.9 Å². The lowest BCUT2D eigenvalue weighted by Gasteiger charge is -2.28. The third kappa shape index (κ3) is 3.51. The number of amides is 1. The molecule has 5 nitrogen and oxygen atoms in total. The minimum atomic E-state index is 0.266. The first-order valence-corrected chi connectivity index (χ1v) is 10.1. The normalized spacial score (nSPS) is 22.0. The fourth-order valence-corrected chi connectivity index (χ4v) is 4.66. The van der Waals surface area contributed by atoms with E-state index in [9.17, 15) is 4.79 Å². The summed E-state index contributed by atoms with van der Waals surface area (Å²) in [5.41, 5.74) is 3.56. The average Bonchev–Trinajstić information content (AvgIpc) is 3.09. The summed E-state index contributed by atoms with van der Waals surface area (Å²) in [6, 6.07) is 0. The summed E-state index contributed by atoms with van der Waals surface area (Å²) in [4.78, 5) is 27.0. The smallest absolute Gasteiger partial charge is 0.225 e. The van der Waals surface area contributed by atoms with Crippen molar-refractivity contribution < 1.29 is 4.79 Å². The molecule has 1 aromatic rings. The van der Waals surface area contributed by atoms with Gasteiger partial charge in [0.05, 0.1) is 5.69 Å². The summed E-state index contributed by atoms with van der Waals surface area (Å²) in [7, 11) is 0. The molecule has 0 aromatic carbocycles. The first-order chi connectivity index (χ1) is 12.2. The third-order valence-electron chi connectivity index (χ3n) is 6.19. The van der Waals surface area contributed by atoms with E-state index in [4.69, 9.17) is 9.97 Å². The molecule has 3 aliphatic rings. The van der Waals surface area contributed by atoms with Crippen molar-refractivity contribution in [2.45, 2.75) is 64.7 Å². The fraction of sp³-hybridized carbons (Fsp3) is 0.750. The number of fused-ring (bicyclic) bond motifs is 1. The van der Waals surface area contributed by atoms with E-state index in [-0.39, 0.29) is 5.92 Å². The molecule has 1 amide bonds. The molecule has 1 saturated carbocycles. The van der Waals surface area contributed by atoms with Gasteiger partial charge in [-0.1, -0.05) is 19.3 Å². The zero-order valence-corrected chi connectivity index (χ0v) is 15.5. The molecule has 2 aliphatic heterocycles. The zero-order chi connectivity index (χ0) is 17.2. The molecule has 0 spiro atoms. The lowest BCUT2D eigenvalue weighted by molar-refractivity contribution is -0.136. The highest BCUT2D eigenvalue weighted by molar-refractivity contribution is 5.79. The van der Waals surface area contributed by atoms with Gasteiger partial charge in [0.25, 0.3) is 0 Å². The maximum atomic E-state index is 12.9. The van der Waals surface area contributed by atoms with E-state index in [0.29, 0.717) is 5.91 Å². The summed E-state index contributed by atoms with van der Waals surface area (Å²) in [5.74, 6) is 1.56. The molecule has 1 saturated heterocycles. The summed E-state index contributed by atoms with van der Waals surface area (Å²) >= 11 is 0. The van der Waals surface area contributed by atoms with E-state index in [1.54, 1.807) is 0 Å². The zero-order valence-electron chi connectivity index (χ0n) is 15.5. The molecule has 0 unspecified atom stereocenters. The van der Waals surface area contributed by atoms with Crippen LogP contribution in [0.5, 0.6) is 0 Å². The van der Waals surface area contributed by atoms with Gasteiger partial charge in [0.2, 0.25) is 11.9 Å². The average molecular weight is 342 g/mol. The Balaban J connectivity index is 1.49. The second kappa shape index (κ2) is 7.30. The van der Waals surface area contributed by atoms with Gasteiger partial charge in [-0.2, -0.15) is 0 Å². The summed E-state index contributed by atoms with van der Waals surface area (Å²) < 4.78 is 0. The van der Waals surface area contributed by atoms with E-state index in [2.05, 4.69) is 16.7 Å². The van der Waals surface area contributed by atoms with Gasteiger partial charge in [-0.25, -0.2) is 9.97 Å². The molecule has 0 bridgehead atoms. The topological polar surface area (TPSA) is 49.3 Å². The van der Waals surface area contributed by atoms with E-state index < -0.39 is 0 Å². The number of hydrogen-bond acceptors (Lipinski definition) is 4. The molecule has 25 heavy (non-hydrogen) atoms. The fourth-order valence-electron chi connectivity index (χ4n) is 4.66. The number of nitrogens with zero attached hydrogens (tertiary/aromatic N) is 4. The largest absolute Gasteiger partial charge is 0.342 e. The second-order valence-corrected chi connectivity index (χ2v) is 7.89. The highest BCUT2D eigenvalue weighted by Gasteiger charge is 2.28. The van der Waals surface area contributed by atoms with Crippen LogP contribution in [-0.4, -0.2) is 47.0 Å². The lowest BCUT2D eigenvalue weighted by atomic mass is 9.88. The maximum Gasteiger partial charge on any atom is 0.225 e. The van der Waals surface area contributed by atoms with Crippen molar-refractivity contribution in [3.05, 3.63) is 17.0 Å². The Morgan fingerprint density at radius 1 is 0.920 bits per heavy atom. The molecule has 0 atom stereocenters. The molecule has 1 aliphatic carbocycles. The van der Waals surface area contributed by atoms with E-state index in [1.807, 2.05) is 0 Å². The van der Waals surface area contributed by atoms with Crippen LogP contribution in [0, 0.1) is 12.8 Å². The highest BCUT2D eigenvalue weighted by Crippen LogP contribution is 2.27. The van der Waals surface area contributed by atoms with Crippen molar-refractivity contribution >= 4 is 11.9 Å². The number of hydrogen-bond donors (Lipinski definition) is 0. The molecular weight excluding hydrogens is 312 g/mol. The quantitative estimate of drug-likeness (QED) is 0.829. The molecule has 0 N–H and O–H groups in total. The van der Waals surface area contributed by atoms with Gasteiger partial charge < -0.3 is 9.80 Å². The minimum absolute atomic E-state index is 0.266. The Labute approximate surface area is 150 Å². The molecule has 2 fully saturated rings. The van der Waals surface area contributed by atoms with Crippen molar-refractivity contribution in [3.63, 3.8) is 0 Å². The third-order valence-corrected chi connectivity index (χ3v) is 6.19. The van der Waals surface area contributed by atoms with E-state index in [1.165, 1.54) is 43.4 Å². The SMILES string of the molecule is Cc1nc(N2CCCC2)nc2c1CCN(C(=O)C1CCCCC1)CC2. The van der Waals surface area contributed by atoms with Crippen LogP contribution in [0.1, 0.15) is 61.9 Å². The van der Waals surface area contributed by atoms with Gasteiger partial charge in [0, 0.05) is 44.2 Å². The standard InChI is InChI=1S/C20H30N4O/c1-15-17-9-13-23(19(25)16-7-3-2-4-8-16)14-10-18(17)22-20(21-15)24-11-5-6-12-24/h16H,2-14H2,1H3. The van der Waals surface area contributed by atoms with Crippen molar-refractivity contribution in [2.75, 3.05) is 31.1 Å². The van der Waals surface area contributed by atoms with Gasteiger partial charge in [-0.3, -0.25) is 4.79 Å². The van der Waals surface area contributed by atoms with E-state index in [0.717, 1.165) is 63.5 Å². The maximum absolute atomic E-state index is 12.9. The number of aromatic nitrogens is 2. The molecule has 3 heterocycles. The molecule has 1 aromatic heterocycles. The first kappa shape index (κ1) is 16.8. The number of anilines is 1. The first-order valence-electron chi connectivity index (χ1n) is 10.1. The summed E-state index contributed by atoms with van der Waals surface area (Å²) in [6.45, 7) is 5.90. The van der Waals surface area contributed by atoms with Crippen molar-refractivity contribution in [3.8, 4) is 0 Å². The Hall–Kier alpha value is -1.65. The van der Waals surface area contributed by atoms with Crippen LogP contribution in [0.2, 0.25) is 0 Å². The number of carbonyl (C=O) groups excluding carboxylic acids is 1. The lowest BCUT2D eigenvalue weighted by Crippen LogP contribution is -2.38. The summed E-state index contributed by atoms with van der Waals surface area (Å²) in [6.07, 6.45) is 10.1. The van der Waals surface area contributed by atoms with Crippen LogP contribution in [0.25, 0.3) is 0 Å². The van der Waals surface area contributed by atoms with Crippen LogP contribution in [0.3, 0.4) is 0 Å². The van der Waals surface area contributed by atoms with Gasteiger partial charge in [-0.15, -0.1) is 0 Å². The van der Waals surface area contributed by atoms with Crippen LogP contribution in [-0.2, 0) is 17.6 Å². The monoisotopic (exact) mass is 342 g/mol. The summed E-state index contributed by atoms with van der Waals surface area (Å²) in [5, 5.41) is 0. The Bertz CT molecular complexity index is 633.